The van der Waals surface area contributed by atoms with Crippen LogP contribution in [-0.2, 0) is 17.6 Å². The van der Waals surface area contributed by atoms with Gasteiger partial charge in [0.1, 0.15) is 11.9 Å². The van der Waals surface area contributed by atoms with Crippen LogP contribution in [0.15, 0.2) is 36.7 Å². The second-order valence-electron chi connectivity index (χ2n) is 8.73. The first-order chi connectivity index (χ1) is 15.6. The van der Waals surface area contributed by atoms with Crippen molar-refractivity contribution in [2.75, 3.05) is 31.5 Å². The van der Waals surface area contributed by atoms with Crippen LogP contribution in [0, 0.1) is 5.92 Å². The summed E-state index contributed by atoms with van der Waals surface area (Å²) < 4.78 is 0. The number of rotatable bonds is 9. The lowest BCUT2D eigenvalue weighted by atomic mass is 10.00. The van der Waals surface area contributed by atoms with Crippen molar-refractivity contribution >= 4 is 17.7 Å². The van der Waals surface area contributed by atoms with E-state index in [1.165, 1.54) is 18.2 Å². The molecular weight excluding hydrogens is 406 g/mol. The number of pyridine rings is 2. The standard InChI is InChI=1S/C24H31N5O3/c30-23(19-4-1-11-25-15-19)28-21(24(31)32)10-14-29-13-9-17(16-29)5-7-20-8-6-18-3-2-12-26-22(18)27-20/h1,4,6,8,11,15,17,21H,2-3,5,7,9-10,12-14,16H2,(H,26,27)(H,28,30)(H,31,32)/t17-,21+/m0/s1. The highest BCUT2D eigenvalue weighted by Crippen LogP contribution is 2.24. The molecule has 0 radical (unpaired) electrons. The molecule has 1 saturated heterocycles. The Morgan fingerprint density at radius 2 is 2.22 bits per heavy atom. The first-order valence-electron chi connectivity index (χ1n) is 11.5. The zero-order valence-electron chi connectivity index (χ0n) is 18.3. The van der Waals surface area contributed by atoms with Crippen molar-refractivity contribution in [3.05, 3.63) is 53.5 Å². The van der Waals surface area contributed by atoms with Crippen LogP contribution in [0.25, 0.3) is 0 Å². The fourth-order valence-electron chi connectivity index (χ4n) is 4.52. The van der Waals surface area contributed by atoms with Gasteiger partial charge >= 0.3 is 5.97 Å². The number of hydrogen-bond acceptors (Lipinski definition) is 6. The topological polar surface area (TPSA) is 107 Å². The van der Waals surface area contributed by atoms with E-state index in [1.54, 1.807) is 18.3 Å². The minimum absolute atomic E-state index is 0.367. The third-order valence-electron chi connectivity index (χ3n) is 6.39. The van der Waals surface area contributed by atoms with Crippen molar-refractivity contribution in [2.24, 2.45) is 5.92 Å². The maximum atomic E-state index is 12.3. The van der Waals surface area contributed by atoms with Crippen LogP contribution in [0.5, 0.6) is 0 Å². The van der Waals surface area contributed by atoms with Gasteiger partial charge in [0, 0.05) is 37.7 Å². The lowest BCUT2D eigenvalue weighted by Gasteiger charge is -2.20. The van der Waals surface area contributed by atoms with Gasteiger partial charge in [0.15, 0.2) is 0 Å². The molecule has 2 aliphatic rings. The molecule has 8 heteroatoms. The minimum atomic E-state index is -1.01. The van der Waals surface area contributed by atoms with E-state index >= 15 is 0 Å². The van der Waals surface area contributed by atoms with E-state index in [9.17, 15) is 14.7 Å². The van der Waals surface area contributed by atoms with Crippen molar-refractivity contribution in [1.29, 1.82) is 0 Å². The number of fused-ring (bicyclic) bond motifs is 1. The number of aliphatic carboxylic acids is 1. The third kappa shape index (κ3) is 5.82. The molecule has 0 aliphatic carbocycles. The number of anilines is 1. The van der Waals surface area contributed by atoms with Gasteiger partial charge in [0.2, 0.25) is 0 Å². The van der Waals surface area contributed by atoms with Crippen molar-refractivity contribution in [2.45, 2.75) is 44.6 Å². The fraction of sp³-hybridized carbons (Fsp3) is 0.500. The van der Waals surface area contributed by atoms with Gasteiger partial charge in [-0.15, -0.1) is 0 Å². The van der Waals surface area contributed by atoms with E-state index in [1.807, 2.05) is 0 Å². The van der Waals surface area contributed by atoms with Crippen LogP contribution in [0.3, 0.4) is 0 Å². The number of hydrogen-bond donors (Lipinski definition) is 3. The molecule has 0 unspecified atom stereocenters. The van der Waals surface area contributed by atoms with Gasteiger partial charge in [0.05, 0.1) is 5.56 Å². The van der Waals surface area contributed by atoms with E-state index in [0.29, 0.717) is 24.4 Å². The van der Waals surface area contributed by atoms with Crippen LogP contribution in [-0.4, -0.2) is 64.1 Å². The molecule has 2 aromatic heterocycles. The Morgan fingerprint density at radius 3 is 3.03 bits per heavy atom. The molecule has 1 amide bonds. The molecule has 170 valence electrons. The molecule has 8 nitrogen and oxygen atoms in total. The number of carbonyl (C=O) groups excluding carboxylic acids is 1. The Bertz CT molecular complexity index is 936. The predicted molar refractivity (Wildman–Crippen MR) is 122 cm³/mol. The van der Waals surface area contributed by atoms with E-state index in [-0.39, 0.29) is 0 Å². The monoisotopic (exact) mass is 437 g/mol. The van der Waals surface area contributed by atoms with Gasteiger partial charge in [0.25, 0.3) is 5.91 Å². The maximum absolute atomic E-state index is 12.3. The smallest absolute Gasteiger partial charge is 0.326 e. The third-order valence-corrected chi connectivity index (χ3v) is 6.39. The molecule has 0 bridgehead atoms. The summed E-state index contributed by atoms with van der Waals surface area (Å²) in [6.07, 6.45) is 8.83. The summed E-state index contributed by atoms with van der Waals surface area (Å²) in [5.74, 6) is 0.228. The van der Waals surface area contributed by atoms with Crippen molar-refractivity contribution in [3.63, 3.8) is 0 Å². The number of aromatic nitrogens is 2. The number of likely N-dealkylation sites (tertiary alicyclic amines) is 1. The number of amides is 1. The maximum Gasteiger partial charge on any atom is 0.326 e. The summed E-state index contributed by atoms with van der Waals surface area (Å²) in [6.45, 7) is 3.58. The molecule has 0 spiro atoms. The van der Waals surface area contributed by atoms with Gasteiger partial charge in [-0.05, 0) is 74.8 Å². The van der Waals surface area contributed by atoms with Gasteiger partial charge in [-0.3, -0.25) is 9.78 Å². The quantitative estimate of drug-likeness (QED) is 0.553. The van der Waals surface area contributed by atoms with Crippen LogP contribution in [0.1, 0.15) is 47.3 Å². The Labute approximate surface area is 188 Å². The molecule has 0 aromatic carbocycles. The van der Waals surface area contributed by atoms with Crippen molar-refractivity contribution in [1.82, 2.24) is 20.2 Å². The predicted octanol–water partition coefficient (Wildman–Crippen LogP) is 2.36. The van der Waals surface area contributed by atoms with Crippen LogP contribution in [0.2, 0.25) is 0 Å². The highest BCUT2D eigenvalue weighted by atomic mass is 16.4. The molecule has 2 aromatic rings. The second-order valence-corrected chi connectivity index (χ2v) is 8.73. The number of nitrogens with one attached hydrogen (secondary N) is 2. The second kappa shape index (κ2) is 10.5. The number of nitrogens with zero attached hydrogens (tertiary/aromatic N) is 3. The number of carbonyl (C=O) groups is 2. The lowest BCUT2D eigenvalue weighted by Crippen LogP contribution is -2.43. The highest BCUT2D eigenvalue weighted by Gasteiger charge is 2.26. The minimum Gasteiger partial charge on any atom is -0.480 e. The molecule has 4 rings (SSSR count). The number of carboxylic acid groups (broad SMARTS) is 1. The fourth-order valence-corrected chi connectivity index (χ4v) is 4.52. The average Bonchev–Trinajstić information content (AvgIpc) is 3.28. The first kappa shape index (κ1) is 22.2. The van der Waals surface area contributed by atoms with Gasteiger partial charge in [-0.1, -0.05) is 6.07 Å². The lowest BCUT2D eigenvalue weighted by molar-refractivity contribution is -0.139. The summed E-state index contributed by atoms with van der Waals surface area (Å²) in [5, 5.41) is 15.5. The molecule has 32 heavy (non-hydrogen) atoms. The Morgan fingerprint density at radius 1 is 1.31 bits per heavy atom. The van der Waals surface area contributed by atoms with Crippen molar-refractivity contribution in [3.8, 4) is 0 Å². The molecule has 2 atom stereocenters. The van der Waals surface area contributed by atoms with Crippen LogP contribution in [0.4, 0.5) is 5.82 Å². The summed E-state index contributed by atoms with van der Waals surface area (Å²) in [7, 11) is 0. The van der Waals surface area contributed by atoms with Gasteiger partial charge < -0.3 is 20.6 Å². The molecule has 0 saturated carbocycles. The first-order valence-corrected chi connectivity index (χ1v) is 11.5. The largest absolute Gasteiger partial charge is 0.480 e. The van der Waals surface area contributed by atoms with Crippen molar-refractivity contribution < 1.29 is 14.7 Å². The highest BCUT2D eigenvalue weighted by molar-refractivity contribution is 5.96. The van der Waals surface area contributed by atoms with E-state index in [2.05, 4.69) is 32.7 Å². The SMILES string of the molecule is O=C(N[C@H](CCN1CC[C@H](CCc2ccc3c(n2)NCCC3)C1)C(=O)O)c1cccnc1. The van der Waals surface area contributed by atoms with E-state index in [4.69, 9.17) is 4.98 Å². The Balaban J connectivity index is 1.22. The van der Waals surface area contributed by atoms with Crippen LogP contribution >= 0.6 is 0 Å². The molecule has 4 heterocycles. The number of aryl methyl sites for hydroxylation is 2. The number of carboxylic acids is 1. The summed E-state index contributed by atoms with van der Waals surface area (Å²) >= 11 is 0. The Hall–Kier alpha value is -3.00. The summed E-state index contributed by atoms with van der Waals surface area (Å²) in [4.78, 5) is 34.9. The normalized spacial score (nSPS) is 19.1. The van der Waals surface area contributed by atoms with E-state index < -0.39 is 17.9 Å². The zero-order valence-corrected chi connectivity index (χ0v) is 18.3. The van der Waals surface area contributed by atoms with E-state index in [0.717, 1.165) is 56.8 Å². The molecular formula is C24H31N5O3. The average molecular weight is 438 g/mol. The summed E-state index contributed by atoms with van der Waals surface area (Å²) in [5.41, 5.74) is 2.82. The van der Waals surface area contributed by atoms with Crippen LogP contribution < -0.4 is 10.6 Å². The Kier molecular flexibility index (Phi) is 7.32. The summed E-state index contributed by atoms with van der Waals surface area (Å²) in [6, 6.07) is 6.73. The van der Waals surface area contributed by atoms with Gasteiger partial charge in [-0.2, -0.15) is 0 Å². The van der Waals surface area contributed by atoms with Gasteiger partial charge in [-0.25, -0.2) is 9.78 Å². The molecule has 1 fully saturated rings. The molecule has 3 N–H and O–H groups in total. The molecule has 2 aliphatic heterocycles. The zero-order chi connectivity index (χ0) is 22.3.